The number of carboxylic acids is 1. The van der Waals surface area contributed by atoms with E-state index in [4.69, 9.17) is 5.11 Å². The van der Waals surface area contributed by atoms with Crippen LogP contribution in [0, 0.1) is 13.8 Å². The van der Waals surface area contributed by atoms with Crippen molar-refractivity contribution in [2.45, 2.75) is 33.2 Å². The van der Waals surface area contributed by atoms with Crippen molar-refractivity contribution >= 4 is 23.2 Å². The Labute approximate surface area is 98.3 Å². The Morgan fingerprint density at radius 1 is 1.50 bits per heavy atom. The van der Waals surface area contributed by atoms with Crippen molar-refractivity contribution in [2.24, 2.45) is 0 Å². The van der Waals surface area contributed by atoms with Crippen LogP contribution in [0.5, 0.6) is 0 Å². The van der Waals surface area contributed by atoms with Gasteiger partial charge in [0, 0.05) is 4.88 Å². The van der Waals surface area contributed by atoms with Crippen LogP contribution in [-0.4, -0.2) is 23.0 Å². The summed E-state index contributed by atoms with van der Waals surface area (Å²) in [5.41, 5.74) is 1.05. The fourth-order valence-electron chi connectivity index (χ4n) is 1.25. The third kappa shape index (κ3) is 2.82. The van der Waals surface area contributed by atoms with Crippen LogP contribution < -0.4 is 5.32 Å². The van der Waals surface area contributed by atoms with Gasteiger partial charge >= 0.3 is 5.97 Å². The molecule has 0 saturated heterocycles. The van der Waals surface area contributed by atoms with Gasteiger partial charge in [-0.05, 0) is 31.9 Å². The number of hydrogen-bond donors (Lipinski definition) is 2. The van der Waals surface area contributed by atoms with Crippen LogP contribution in [0.25, 0.3) is 0 Å². The number of amides is 1. The van der Waals surface area contributed by atoms with Crippen molar-refractivity contribution in [3.63, 3.8) is 0 Å². The minimum absolute atomic E-state index is 0.310. The van der Waals surface area contributed by atoms with Gasteiger partial charge in [0.2, 0.25) is 0 Å². The average Bonchev–Trinajstić information content (AvgIpc) is 2.55. The van der Waals surface area contributed by atoms with Gasteiger partial charge in [-0.2, -0.15) is 0 Å². The van der Waals surface area contributed by atoms with Crippen LogP contribution >= 0.6 is 11.3 Å². The summed E-state index contributed by atoms with van der Waals surface area (Å²) in [6.45, 7) is 5.59. The molecule has 0 aliphatic heterocycles. The number of aryl methyl sites for hydroxylation is 2. The zero-order valence-corrected chi connectivity index (χ0v) is 10.4. The largest absolute Gasteiger partial charge is 0.480 e. The van der Waals surface area contributed by atoms with Gasteiger partial charge in [0.25, 0.3) is 5.91 Å². The van der Waals surface area contributed by atoms with E-state index >= 15 is 0 Å². The molecule has 0 fully saturated rings. The molecule has 2 N–H and O–H groups in total. The van der Waals surface area contributed by atoms with Gasteiger partial charge in [0.15, 0.2) is 0 Å². The fraction of sp³-hybridized carbons (Fsp3) is 0.455. The van der Waals surface area contributed by atoms with Gasteiger partial charge in [0.05, 0.1) is 4.88 Å². The fourth-order valence-corrected chi connectivity index (χ4v) is 2.19. The van der Waals surface area contributed by atoms with Crippen LogP contribution in [0.4, 0.5) is 0 Å². The molecule has 0 unspecified atom stereocenters. The van der Waals surface area contributed by atoms with Crippen molar-refractivity contribution in [1.82, 2.24) is 5.32 Å². The van der Waals surface area contributed by atoms with Crippen molar-refractivity contribution in [3.8, 4) is 0 Å². The molecule has 16 heavy (non-hydrogen) atoms. The molecule has 0 aliphatic rings. The minimum atomic E-state index is -0.999. The van der Waals surface area contributed by atoms with E-state index in [1.54, 1.807) is 13.0 Å². The number of carboxylic acid groups (broad SMARTS) is 1. The lowest BCUT2D eigenvalue weighted by Crippen LogP contribution is -2.39. The average molecular weight is 241 g/mol. The van der Waals surface area contributed by atoms with Gasteiger partial charge in [-0.1, -0.05) is 6.92 Å². The number of aliphatic carboxylic acids is 1. The molecule has 0 saturated carbocycles. The second-order valence-corrected chi connectivity index (χ2v) is 4.88. The lowest BCUT2D eigenvalue weighted by Gasteiger charge is -2.10. The van der Waals surface area contributed by atoms with Gasteiger partial charge in [-0.3, -0.25) is 4.79 Å². The Kier molecular flexibility index (Phi) is 4.06. The molecule has 1 heterocycles. The van der Waals surface area contributed by atoms with Crippen LogP contribution in [0.15, 0.2) is 6.07 Å². The van der Waals surface area contributed by atoms with E-state index in [9.17, 15) is 9.59 Å². The van der Waals surface area contributed by atoms with E-state index in [0.717, 1.165) is 10.4 Å². The quantitative estimate of drug-likeness (QED) is 0.846. The first-order valence-corrected chi connectivity index (χ1v) is 5.88. The predicted molar refractivity (Wildman–Crippen MR) is 63.0 cm³/mol. The van der Waals surface area contributed by atoms with E-state index in [2.05, 4.69) is 5.32 Å². The minimum Gasteiger partial charge on any atom is -0.480 e. The third-order valence-electron chi connectivity index (χ3n) is 2.40. The highest BCUT2D eigenvalue weighted by Gasteiger charge is 2.19. The monoisotopic (exact) mass is 241 g/mol. The number of carbonyl (C=O) groups excluding carboxylic acids is 1. The highest BCUT2D eigenvalue weighted by atomic mass is 32.1. The molecule has 5 heteroatoms. The first-order chi connectivity index (χ1) is 7.45. The summed E-state index contributed by atoms with van der Waals surface area (Å²) < 4.78 is 0. The Hall–Kier alpha value is -1.36. The summed E-state index contributed by atoms with van der Waals surface area (Å²) in [5, 5.41) is 11.3. The highest BCUT2D eigenvalue weighted by Crippen LogP contribution is 2.20. The third-order valence-corrected chi connectivity index (χ3v) is 3.55. The number of hydrogen-bond acceptors (Lipinski definition) is 3. The molecule has 4 nitrogen and oxygen atoms in total. The number of thiophene rings is 1. The molecular formula is C11H15NO3S. The molecule has 1 atom stereocenters. The van der Waals surface area contributed by atoms with Crippen molar-refractivity contribution in [3.05, 3.63) is 21.4 Å². The number of carbonyl (C=O) groups is 2. The topological polar surface area (TPSA) is 66.4 Å². The van der Waals surface area contributed by atoms with E-state index in [1.807, 2.05) is 13.8 Å². The Balaban J connectivity index is 2.75. The Morgan fingerprint density at radius 2 is 2.12 bits per heavy atom. The molecule has 0 radical (unpaired) electrons. The Bertz CT molecular complexity index is 392. The van der Waals surface area contributed by atoms with Crippen LogP contribution in [0.3, 0.4) is 0 Å². The van der Waals surface area contributed by atoms with Crippen molar-refractivity contribution in [1.29, 1.82) is 0 Å². The SMILES string of the molecule is CC[C@H](NC(=O)c1cc(C)c(C)s1)C(=O)O. The van der Waals surface area contributed by atoms with E-state index < -0.39 is 12.0 Å². The molecule has 0 aliphatic carbocycles. The zero-order chi connectivity index (χ0) is 12.3. The zero-order valence-electron chi connectivity index (χ0n) is 9.53. The standard InChI is InChI=1S/C11H15NO3S/c1-4-8(11(14)15)12-10(13)9-5-6(2)7(3)16-9/h5,8H,4H2,1-3H3,(H,12,13)(H,14,15)/t8-/m0/s1. The molecular weight excluding hydrogens is 226 g/mol. The number of rotatable bonds is 4. The molecule has 1 aromatic heterocycles. The molecule has 1 rings (SSSR count). The lowest BCUT2D eigenvalue weighted by atomic mass is 10.2. The summed E-state index contributed by atoms with van der Waals surface area (Å²) in [7, 11) is 0. The second kappa shape index (κ2) is 5.12. The first kappa shape index (κ1) is 12.7. The van der Waals surface area contributed by atoms with Crippen molar-refractivity contribution in [2.75, 3.05) is 0 Å². The summed E-state index contributed by atoms with van der Waals surface area (Å²) in [6, 6.07) is 0.972. The molecule has 1 amide bonds. The summed E-state index contributed by atoms with van der Waals surface area (Å²) in [4.78, 5) is 24.1. The summed E-state index contributed by atoms with van der Waals surface area (Å²) in [6.07, 6.45) is 0.379. The van der Waals surface area contributed by atoms with E-state index in [1.165, 1.54) is 11.3 Å². The lowest BCUT2D eigenvalue weighted by molar-refractivity contribution is -0.139. The summed E-state index contributed by atoms with van der Waals surface area (Å²) in [5.74, 6) is -1.31. The van der Waals surface area contributed by atoms with E-state index in [0.29, 0.717) is 11.3 Å². The molecule has 0 bridgehead atoms. The van der Waals surface area contributed by atoms with Gasteiger partial charge in [0.1, 0.15) is 6.04 Å². The summed E-state index contributed by atoms with van der Waals surface area (Å²) >= 11 is 1.38. The van der Waals surface area contributed by atoms with Gasteiger partial charge < -0.3 is 10.4 Å². The Morgan fingerprint density at radius 3 is 2.50 bits per heavy atom. The maximum absolute atomic E-state index is 11.7. The van der Waals surface area contributed by atoms with Gasteiger partial charge in [-0.25, -0.2) is 4.79 Å². The smallest absolute Gasteiger partial charge is 0.326 e. The van der Waals surface area contributed by atoms with Crippen LogP contribution in [-0.2, 0) is 4.79 Å². The first-order valence-electron chi connectivity index (χ1n) is 5.06. The van der Waals surface area contributed by atoms with Crippen LogP contribution in [0.1, 0.15) is 33.5 Å². The van der Waals surface area contributed by atoms with Crippen LogP contribution in [0.2, 0.25) is 0 Å². The molecule has 1 aromatic rings. The predicted octanol–water partition coefficient (Wildman–Crippen LogP) is 1.96. The highest BCUT2D eigenvalue weighted by molar-refractivity contribution is 7.14. The number of nitrogens with one attached hydrogen (secondary N) is 1. The molecule has 88 valence electrons. The second-order valence-electron chi connectivity index (χ2n) is 3.62. The van der Waals surface area contributed by atoms with Gasteiger partial charge in [-0.15, -0.1) is 11.3 Å². The maximum Gasteiger partial charge on any atom is 0.326 e. The van der Waals surface area contributed by atoms with Crippen molar-refractivity contribution < 1.29 is 14.7 Å². The molecule has 0 spiro atoms. The molecule has 0 aromatic carbocycles. The van der Waals surface area contributed by atoms with E-state index in [-0.39, 0.29) is 5.91 Å². The normalized spacial score (nSPS) is 12.2. The maximum atomic E-state index is 11.7.